The van der Waals surface area contributed by atoms with E-state index < -0.39 is 11.9 Å². The maximum atomic E-state index is 13.2. The molecule has 3 aromatic carbocycles. The van der Waals surface area contributed by atoms with E-state index >= 15 is 0 Å². The molecule has 0 saturated carbocycles. The monoisotopic (exact) mass is 454 g/mol. The summed E-state index contributed by atoms with van der Waals surface area (Å²) in [4.78, 5) is 36.5. The number of nitrogens with one attached hydrogen (secondary N) is 2. The molecule has 0 bridgehead atoms. The molecule has 4 aromatic rings. The summed E-state index contributed by atoms with van der Waals surface area (Å²) in [7, 11) is 1.25. The van der Waals surface area contributed by atoms with Crippen molar-refractivity contribution in [2.24, 2.45) is 0 Å². The number of carbonyl (C=O) groups is 3. The Morgan fingerprint density at radius 1 is 0.853 bits per heavy atom. The third-order valence-electron chi connectivity index (χ3n) is 5.05. The van der Waals surface area contributed by atoms with E-state index in [-0.39, 0.29) is 12.5 Å². The normalized spacial score (nSPS) is 10.4. The van der Waals surface area contributed by atoms with Crippen LogP contribution in [-0.2, 0) is 9.53 Å². The molecular weight excluding hydrogens is 432 g/mol. The Hall–Kier alpha value is -4.72. The molecule has 0 aliphatic carbocycles. The first-order chi connectivity index (χ1) is 16.5. The molecule has 34 heavy (non-hydrogen) atoms. The van der Waals surface area contributed by atoms with Crippen molar-refractivity contribution in [1.29, 1.82) is 0 Å². The van der Waals surface area contributed by atoms with Crippen molar-refractivity contribution in [3.05, 3.63) is 102 Å². The highest BCUT2D eigenvalue weighted by atomic mass is 16.5. The van der Waals surface area contributed by atoms with Crippen molar-refractivity contribution < 1.29 is 19.1 Å². The summed E-state index contributed by atoms with van der Waals surface area (Å²) in [6.07, 6.45) is 1.70. The average molecular weight is 454 g/mol. The largest absolute Gasteiger partial charge is 0.468 e. The van der Waals surface area contributed by atoms with Crippen LogP contribution in [0.2, 0.25) is 0 Å². The molecular formula is C26H22N4O4. The number of hydrogen-bond acceptors (Lipinski definition) is 5. The summed E-state index contributed by atoms with van der Waals surface area (Å²) in [6.45, 7) is -0.221. The Bertz CT molecular complexity index is 1300. The highest BCUT2D eigenvalue weighted by Crippen LogP contribution is 2.24. The minimum absolute atomic E-state index is 0.221. The van der Waals surface area contributed by atoms with Gasteiger partial charge in [-0.1, -0.05) is 48.5 Å². The quantitative estimate of drug-likeness (QED) is 0.415. The molecule has 8 heteroatoms. The second kappa shape index (κ2) is 10.3. The molecule has 0 aliphatic rings. The first-order valence-corrected chi connectivity index (χ1v) is 10.5. The van der Waals surface area contributed by atoms with Gasteiger partial charge in [0, 0.05) is 23.0 Å². The van der Waals surface area contributed by atoms with E-state index in [0.29, 0.717) is 22.5 Å². The van der Waals surface area contributed by atoms with Crippen LogP contribution in [0.5, 0.6) is 0 Å². The molecule has 0 unspecified atom stereocenters. The minimum atomic E-state index is -0.539. The molecule has 8 nitrogen and oxygen atoms in total. The summed E-state index contributed by atoms with van der Waals surface area (Å²) in [6, 6.07) is 25.4. The maximum absolute atomic E-state index is 13.2. The summed E-state index contributed by atoms with van der Waals surface area (Å²) in [5.74, 6) is -1.29. The number of anilines is 1. The van der Waals surface area contributed by atoms with Crippen LogP contribution in [-0.4, -0.2) is 41.2 Å². The van der Waals surface area contributed by atoms with E-state index in [9.17, 15) is 14.4 Å². The summed E-state index contributed by atoms with van der Waals surface area (Å²) < 4.78 is 6.18. The van der Waals surface area contributed by atoms with Crippen LogP contribution in [0.1, 0.15) is 20.7 Å². The van der Waals surface area contributed by atoms with Gasteiger partial charge in [-0.15, -0.1) is 0 Å². The van der Waals surface area contributed by atoms with Crippen LogP contribution in [0.25, 0.3) is 16.9 Å². The Balaban J connectivity index is 1.55. The summed E-state index contributed by atoms with van der Waals surface area (Å²) in [5.41, 5.74) is 3.49. The summed E-state index contributed by atoms with van der Waals surface area (Å²) >= 11 is 0. The van der Waals surface area contributed by atoms with Crippen LogP contribution < -0.4 is 10.6 Å². The number of ether oxygens (including phenoxy) is 1. The predicted molar refractivity (Wildman–Crippen MR) is 128 cm³/mol. The lowest BCUT2D eigenvalue weighted by Gasteiger charge is -2.07. The van der Waals surface area contributed by atoms with Crippen molar-refractivity contribution in [3.8, 4) is 16.9 Å². The van der Waals surface area contributed by atoms with Crippen LogP contribution in [0.4, 0.5) is 5.69 Å². The molecule has 0 atom stereocenters. The van der Waals surface area contributed by atoms with E-state index in [2.05, 4.69) is 20.5 Å². The van der Waals surface area contributed by atoms with E-state index in [1.54, 1.807) is 35.1 Å². The van der Waals surface area contributed by atoms with Crippen molar-refractivity contribution in [2.45, 2.75) is 0 Å². The summed E-state index contributed by atoms with van der Waals surface area (Å²) in [5, 5.41) is 9.99. The predicted octanol–water partition coefficient (Wildman–Crippen LogP) is 3.69. The molecule has 1 heterocycles. The van der Waals surface area contributed by atoms with Crippen molar-refractivity contribution >= 4 is 23.5 Å². The second-order valence-corrected chi connectivity index (χ2v) is 7.33. The fraction of sp³-hybridized carbons (Fsp3) is 0.0769. The van der Waals surface area contributed by atoms with Gasteiger partial charge in [0.1, 0.15) is 12.2 Å². The molecule has 2 N–H and O–H groups in total. The number of methoxy groups -OCH3 is 1. The van der Waals surface area contributed by atoms with E-state index in [1.807, 2.05) is 60.7 Å². The highest BCUT2D eigenvalue weighted by Gasteiger charge is 2.19. The standard InChI is InChI=1S/C26H22N4O4/c1-34-23(31)16-27-25(32)19-12-14-20(15-13-19)28-26(33)22-17-30(21-10-6-3-7-11-21)29-24(22)18-8-4-2-5-9-18/h2-15,17H,16H2,1H3,(H,27,32)(H,28,33). The number of benzene rings is 3. The smallest absolute Gasteiger partial charge is 0.325 e. The zero-order valence-corrected chi connectivity index (χ0v) is 18.4. The van der Waals surface area contributed by atoms with Crippen LogP contribution >= 0.6 is 0 Å². The second-order valence-electron chi connectivity index (χ2n) is 7.33. The first kappa shape index (κ1) is 22.5. The van der Waals surface area contributed by atoms with Gasteiger partial charge in [0.15, 0.2) is 0 Å². The number of rotatable bonds is 7. The van der Waals surface area contributed by atoms with Crippen molar-refractivity contribution in [2.75, 3.05) is 19.0 Å². The Morgan fingerprint density at radius 3 is 2.15 bits per heavy atom. The minimum Gasteiger partial charge on any atom is -0.468 e. The lowest BCUT2D eigenvalue weighted by Crippen LogP contribution is -2.30. The third kappa shape index (κ3) is 5.18. The van der Waals surface area contributed by atoms with Gasteiger partial charge in [-0.3, -0.25) is 14.4 Å². The lowest BCUT2D eigenvalue weighted by molar-refractivity contribution is -0.139. The van der Waals surface area contributed by atoms with Crippen molar-refractivity contribution in [3.63, 3.8) is 0 Å². The zero-order valence-electron chi connectivity index (χ0n) is 18.4. The fourth-order valence-electron chi connectivity index (χ4n) is 3.29. The first-order valence-electron chi connectivity index (χ1n) is 10.5. The van der Waals surface area contributed by atoms with Crippen molar-refractivity contribution in [1.82, 2.24) is 15.1 Å². The Labute approximate surface area is 196 Å². The number of amides is 2. The van der Waals surface area contributed by atoms with E-state index in [0.717, 1.165) is 11.3 Å². The maximum Gasteiger partial charge on any atom is 0.325 e. The number of esters is 1. The molecule has 0 saturated heterocycles. The van der Waals surface area contributed by atoms with Gasteiger partial charge in [-0.05, 0) is 36.4 Å². The highest BCUT2D eigenvalue weighted by molar-refractivity contribution is 6.08. The number of hydrogen-bond donors (Lipinski definition) is 2. The van der Waals surface area contributed by atoms with Gasteiger partial charge >= 0.3 is 5.97 Å². The third-order valence-corrected chi connectivity index (χ3v) is 5.05. The Kier molecular flexibility index (Phi) is 6.78. The van der Waals surface area contributed by atoms with Crippen LogP contribution in [0.15, 0.2) is 91.1 Å². The fourth-order valence-corrected chi connectivity index (χ4v) is 3.29. The molecule has 0 spiro atoms. The van der Waals surface area contributed by atoms with Crippen LogP contribution in [0, 0.1) is 0 Å². The van der Waals surface area contributed by atoms with Gasteiger partial charge in [0.05, 0.1) is 18.4 Å². The van der Waals surface area contributed by atoms with Gasteiger partial charge < -0.3 is 15.4 Å². The van der Waals surface area contributed by atoms with Gasteiger partial charge in [0.25, 0.3) is 11.8 Å². The topological polar surface area (TPSA) is 102 Å². The van der Waals surface area contributed by atoms with Gasteiger partial charge in [-0.2, -0.15) is 5.10 Å². The van der Waals surface area contributed by atoms with E-state index in [1.165, 1.54) is 7.11 Å². The number of carbonyl (C=O) groups excluding carboxylic acids is 3. The van der Waals surface area contributed by atoms with Gasteiger partial charge in [-0.25, -0.2) is 4.68 Å². The van der Waals surface area contributed by atoms with Crippen LogP contribution in [0.3, 0.4) is 0 Å². The molecule has 2 amide bonds. The SMILES string of the molecule is COC(=O)CNC(=O)c1ccc(NC(=O)c2cn(-c3ccccc3)nc2-c2ccccc2)cc1. The van der Waals surface area contributed by atoms with Gasteiger partial charge in [0.2, 0.25) is 0 Å². The molecule has 4 rings (SSSR count). The van der Waals surface area contributed by atoms with E-state index in [4.69, 9.17) is 0 Å². The Morgan fingerprint density at radius 2 is 1.50 bits per heavy atom. The lowest BCUT2D eigenvalue weighted by atomic mass is 10.1. The molecule has 0 aliphatic heterocycles. The number of para-hydroxylation sites is 1. The number of nitrogens with zero attached hydrogens (tertiary/aromatic N) is 2. The average Bonchev–Trinajstić information content (AvgIpc) is 3.34. The zero-order chi connectivity index (χ0) is 23.9. The molecule has 1 aromatic heterocycles. The molecule has 170 valence electrons. The molecule has 0 fully saturated rings. The molecule has 0 radical (unpaired) electrons. The number of aromatic nitrogens is 2.